The van der Waals surface area contributed by atoms with Gasteiger partial charge in [-0.25, -0.2) is 14.4 Å². The van der Waals surface area contributed by atoms with Gasteiger partial charge in [0.25, 0.3) is 0 Å². The second kappa shape index (κ2) is 5.99. The van der Waals surface area contributed by atoms with Crippen LogP contribution in [0.2, 0.25) is 0 Å². The molecular formula is C14H10FN5OS. The average Bonchev–Trinajstić information content (AvgIpc) is 2.88. The molecule has 3 aromatic heterocycles. The van der Waals surface area contributed by atoms with E-state index in [9.17, 15) is 4.39 Å². The van der Waals surface area contributed by atoms with Crippen LogP contribution in [0.15, 0.2) is 34.2 Å². The fraction of sp³-hybridized carbons (Fsp3) is 0.143. The van der Waals surface area contributed by atoms with Gasteiger partial charge in [-0.1, -0.05) is 11.8 Å². The van der Waals surface area contributed by atoms with E-state index in [4.69, 9.17) is 15.4 Å². The van der Waals surface area contributed by atoms with E-state index in [0.29, 0.717) is 28.3 Å². The highest BCUT2D eigenvalue weighted by Gasteiger charge is 2.08. The Hall–Kier alpha value is -2.66. The summed E-state index contributed by atoms with van der Waals surface area (Å²) in [5.41, 5.74) is 7.00. The Morgan fingerprint density at radius 1 is 1.36 bits per heavy atom. The lowest BCUT2D eigenvalue weighted by molar-refractivity contribution is 0.557. The summed E-state index contributed by atoms with van der Waals surface area (Å²) in [4.78, 5) is 12.3. The molecule has 0 saturated heterocycles. The minimum Gasteiger partial charge on any atom is -0.460 e. The average molecular weight is 315 g/mol. The summed E-state index contributed by atoms with van der Waals surface area (Å²) in [6.07, 6.45) is 3.17. The summed E-state index contributed by atoms with van der Waals surface area (Å²) < 4.78 is 18.5. The van der Waals surface area contributed by atoms with Crippen molar-refractivity contribution in [2.75, 3.05) is 11.5 Å². The summed E-state index contributed by atoms with van der Waals surface area (Å²) in [5, 5.41) is 9.69. The molecule has 0 aliphatic heterocycles. The fourth-order valence-electron chi connectivity index (χ4n) is 1.89. The maximum atomic E-state index is 13.4. The third kappa shape index (κ3) is 2.99. The van der Waals surface area contributed by atoms with Crippen LogP contribution in [0, 0.1) is 17.1 Å². The van der Waals surface area contributed by atoms with Crippen LogP contribution in [-0.4, -0.2) is 20.7 Å². The molecule has 0 aliphatic rings. The predicted octanol–water partition coefficient (Wildman–Crippen LogP) is 2.55. The molecular weight excluding hydrogens is 305 g/mol. The molecule has 0 fully saturated rings. The van der Waals surface area contributed by atoms with Gasteiger partial charge in [0.05, 0.1) is 11.6 Å². The summed E-state index contributed by atoms with van der Waals surface area (Å²) in [7, 11) is 0. The molecule has 8 heteroatoms. The largest absolute Gasteiger partial charge is 0.460 e. The molecule has 6 nitrogen and oxygen atoms in total. The fourth-order valence-corrected chi connectivity index (χ4v) is 2.72. The molecule has 0 unspecified atom stereocenters. The second-order valence-electron chi connectivity index (χ2n) is 4.43. The topological polar surface area (TPSA) is 102 Å². The van der Waals surface area contributed by atoms with Crippen LogP contribution in [0.5, 0.6) is 0 Å². The van der Waals surface area contributed by atoms with Crippen LogP contribution in [0.4, 0.5) is 10.2 Å². The van der Waals surface area contributed by atoms with Crippen LogP contribution in [0.3, 0.4) is 0 Å². The van der Waals surface area contributed by atoms with Gasteiger partial charge >= 0.3 is 0 Å². The molecule has 0 spiro atoms. The highest BCUT2D eigenvalue weighted by Crippen LogP contribution is 2.21. The van der Waals surface area contributed by atoms with Crippen LogP contribution in [0.1, 0.15) is 11.4 Å². The van der Waals surface area contributed by atoms with Gasteiger partial charge in [-0.15, -0.1) is 0 Å². The van der Waals surface area contributed by atoms with Crippen molar-refractivity contribution in [3.8, 4) is 6.07 Å². The number of anilines is 1. The van der Waals surface area contributed by atoms with Gasteiger partial charge in [-0.3, -0.25) is 4.98 Å². The molecule has 0 aliphatic carbocycles. The first kappa shape index (κ1) is 14.3. The molecule has 3 heterocycles. The number of furan rings is 1. The number of aryl methyl sites for hydroxylation is 1. The molecule has 0 bridgehead atoms. The summed E-state index contributed by atoms with van der Waals surface area (Å²) in [5.74, 6) is 0.491. The first-order chi connectivity index (χ1) is 10.7. The maximum absolute atomic E-state index is 13.4. The molecule has 3 aromatic rings. The Balaban J connectivity index is 1.68. The normalized spacial score (nSPS) is 10.7. The van der Waals surface area contributed by atoms with Crippen molar-refractivity contribution in [2.24, 2.45) is 0 Å². The number of rotatable bonds is 4. The highest BCUT2D eigenvalue weighted by atomic mass is 32.2. The Kier molecular flexibility index (Phi) is 3.89. The number of hydrogen-bond acceptors (Lipinski definition) is 7. The SMILES string of the molecule is N#Cc1cc(N)nc(SCCc2cc3c(F)coc3cn2)n1. The monoisotopic (exact) mass is 315 g/mol. The Bertz CT molecular complexity index is 873. The molecule has 110 valence electrons. The summed E-state index contributed by atoms with van der Waals surface area (Å²) >= 11 is 1.36. The van der Waals surface area contributed by atoms with E-state index in [1.54, 1.807) is 6.07 Å². The number of nitrogens with zero attached hydrogens (tertiary/aromatic N) is 4. The number of aromatic nitrogens is 3. The smallest absolute Gasteiger partial charge is 0.190 e. The minimum atomic E-state index is -0.399. The molecule has 0 aromatic carbocycles. The molecule has 0 saturated carbocycles. The second-order valence-corrected chi connectivity index (χ2v) is 5.49. The third-order valence-corrected chi connectivity index (χ3v) is 3.75. The van der Waals surface area contributed by atoms with Gasteiger partial charge < -0.3 is 10.2 Å². The Morgan fingerprint density at radius 3 is 3.05 bits per heavy atom. The summed E-state index contributed by atoms with van der Waals surface area (Å²) in [6, 6.07) is 5.01. The number of nitrogen functional groups attached to an aromatic ring is 1. The van der Waals surface area contributed by atoms with Gasteiger partial charge in [0, 0.05) is 17.5 Å². The van der Waals surface area contributed by atoms with E-state index in [1.165, 1.54) is 24.0 Å². The molecule has 0 amide bonds. The molecule has 2 N–H and O–H groups in total. The van der Waals surface area contributed by atoms with Crippen LogP contribution < -0.4 is 5.73 Å². The number of fused-ring (bicyclic) bond motifs is 1. The first-order valence-electron chi connectivity index (χ1n) is 6.35. The van der Waals surface area contributed by atoms with E-state index in [0.717, 1.165) is 12.0 Å². The number of halogens is 1. The minimum absolute atomic E-state index is 0.231. The highest BCUT2D eigenvalue weighted by molar-refractivity contribution is 7.99. The zero-order chi connectivity index (χ0) is 15.5. The lowest BCUT2D eigenvalue weighted by atomic mass is 10.2. The van der Waals surface area contributed by atoms with E-state index in [-0.39, 0.29) is 11.5 Å². The molecule has 0 atom stereocenters. The van der Waals surface area contributed by atoms with E-state index >= 15 is 0 Å². The van der Waals surface area contributed by atoms with Crippen molar-refractivity contribution in [2.45, 2.75) is 11.6 Å². The zero-order valence-corrected chi connectivity index (χ0v) is 12.1. The van der Waals surface area contributed by atoms with E-state index in [2.05, 4.69) is 15.0 Å². The predicted molar refractivity (Wildman–Crippen MR) is 79.6 cm³/mol. The quantitative estimate of drug-likeness (QED) is 0.583. The van der Waals surface area contributed by atoms with Crippen molar-refractivity contribution < 1.29 is 8.81 Å². The molecule has 22 heavy (non-hydrogen) atoms. The van der Waals surface area contributed by atoms with Crippen molar-refractivity contribution in [3.05, 3.63) is 41.8 Å². The maximum Gasteiger partial charge on any atom is 0.190 e. The lowest BCUT2D eigenvalue weighted by Gasteiger charge is -2.02. The number of nitrogens with two attached hydrogens (primary N) is 1. The first-order valence-corrected chi connectivity index (χ1v) is 7.33. The third-order valence-electron chi connectivity index (χ3n) is 2.90. The van der Waals surface area contributed by atoms with Crippen molar-refractivity contribution in [1.82, 2.24) is 15.0 Å². The van der Waals surface area contributed by atoms with Crippen molar-refractivity contribution in [3.63, 3.8) is 0 Å². The number of thioether (sulfide) groups is 1. The molecule has 3 rings (SSSR count). The van der Waals surface area contributed by atoms with Gasteiger partial charge in [-0.05, 0) is 12.5 Å². The van der Waals surface area contributed by atoms with Crippen LogP contribution in [0.25, 0.3) is 11.0 Å². The van der Waals surface area contributed by atoms with Gasteiger partial charge in [0.15, 0.2) is 16.6 Å². The van der Waals surface area contributed by atoms with Crippen molar-refractivity contribution in [1.29, 1.82) is 5.26 Å². The number of pyridine rings is 1. The Labute approximate surface area is 129 Å². The lowest BCUT2D eigenvalue weighted by Crippen LogP contribution is -1.99. The summed E-state index contributed by atoms with van der Waals surface area (Å²) in [6.45, 7) is 0. The van der Waals surface area contributed by atoms with E-state index in [1.807, 2.05) is 6.07 Å². The standard InChI is InChI=1S/C14H10FN5OS/c15-11-7-21-12-6-18-8(3-10(11)12)1-2-22-14-19-9(5-16)4-13(17)20-14/h3-4,6-7H,1-2H2,(H2,17,19,20). The molecule has 0 radical (unpaired) electrons. The zero-order valence-electron chi connectivity index (χ0n) is 11.3. The van der Waals surface area contributed by atoms with Crippen molar-refractivity contribution >= 4 is 28.5 Å². The van der Waals surface area contributed by atoms with Crippen LogP contribution in [-0.2, 0) is 6.42 Å². The Morgan fingerprint density at radius 2 is 2.23 bits per heavy atom. The van der Waals surface area contributed by atoms with E-state index < -0.39 is 5.82 Å². The van der Waals surface area contributed by atoms with Gasteiger partial charge in [0.2, 0.25) is 0 Å². The van der Waals surface area contributed by atoms with Crippen LogP contribution >= 0.6 is 11.8 Å². The number of nitriles is 1. The van der Waals surface area contributed by atoms with Gasteiger partial charge in [-0.2, -0.15) is 5.26 Å². The van der Waals surface area contributed by atoms with Gasteiger partial charge in [0.1, 0.15) is 23.8 Å². The number of hydrogen-bond donors (Lipinski definition) is 1.